The number of nitrogens with two attached hydrogens (primary N) is 1. The predicted octanol–water partition coefficient (Wildman–Crippen LogP) is -0.144. The van der Waals surface area contributed by atoms with Gasteiger partial charge >= 0.3 is 0 Å². The largest absolute Gasteiger partial charge is 0.491 e. The highest BCUT2D eigenvalue weighted by molar-refractivity contribution is 5.47. The van der Waals surface area contributed by atoms with Gasteiger partial charge < -0.3 is 15.8 Å². The number of aromatic nitrogens is 2. The van der Waals surface area contributed by atoms with Crippen LogP contribution in [0, 0.1) is 0 Å². The second kappa shape index (κ2) is 4.50. The van der Waals surface area contributed by atoms with E-state index in [9.17, 15) is 0 Å². The normalized spacial score (nSPS) is 9.50. The minimum Gasteiger partial charge on any atom is -0.491 e. The zero-order valence-corrected chi connectivity index (χ0v) is 6.95. The van der Waals surface area contributed by atoms with Crippen LogP contribution < -0.4 is 15.8 Å². The van der Waals surface area contributed by atoms with Crippen molar-refractivity contribution in [1.29, 1.82) is 0 Å². The van der Waals surface area contributed by atoms with E-state index >= 15 is 0 Å². The van der Waals surface area contributed by atoms with E-state index < -0.39 is 0 Å². The highest BCUT2D eigenvalue weighted by Crippen LogP contribution is 2.17. The van der Waals surface area contributed by atoms with E-state index in [2.05, 4.69) is 15.3 Å². The lowest BCUT2D eigenvalue weighted by Crippen LogP contribution is -2.14. The standard InChI is InChI=1S/C7H12N4O/c1-12-6-4-9-5-11-7(6)10-3-2-8/h4-5H,2-3,8H2,1H3,(H,9,10,11). The zero-order valence-electron chi connectivity index (χ0n) is 6.95. The van der Waals surface area contributed by atoms with Crippen LogP contribution in [-0.4, -0.2) is 30.2 Å². The van der Waals surface area contributed by atoms with Crippen LogP contribution in [0.5, 0.6) is 5.75 Å². The first-order valence-corrected chi connectivity index (χ1v) is 3.66. The average molecular weight is 168 g/mol. The molecule has 0 saturated carbocycles. The van der Waals surface area contributed by atoms with E-state index in [0.717, 1.165) is 0 Å². The van der Waals surface area contributed by atoms with Crippen LogP contribution in [0.1, 0.15) is 0 Å². The van der Waals surface area contributed by atoms with Crippen LogP contribution in [0.4, 0.5) is 5.82 Å². The number of hydrogen-bond acceptors (Lipinski definition) is 5. The summed E-state index contributed by atoms with van der Waals surface area (Å²) in [6.07, 6.45) is 3.06. The molecule has 3 N–H and O–H groups in total. The van der Waals surface area contributed by atoms with Gasteiger partial charge in [0.05, 0.1) is 13.3 Å². The summed E-state index contributed by atoms with van der Waals surface area (Å²) in [5.41, 5.74) is 5.32. The number of methoxy groups -OCH3 is 1. The Hall–Kier alpha value is -1.36. The maximum atomic E-state index is 5.32. The Bertz CT molecular complexity index is 241. The fourth-order valence-corrected chi connectivity index (χ4v) is 0.790. The van der Waals surface area contributed by atoms with Gasteiger partial charge in [0.15, 0.2) is 11.6 Å². The smallest absolute Gasteiger partial charge is 0.179 e. The summed E-state index contributed by atoms with van der Waals surface area (Å²) in [6, 6.07) is 0. The molecule has 0 radical (unpaired) electrons. The predicted molar refractivity (Wildman–Crippen MR) is 46.1 cm³/mol. The molecule has 1 aromatic rings. The van der Waals surface area contributed by atoms with Crippen molar-refractivity contribution < 1.29 is 4.74 Å². The minimum absolute atomic E-state index is 0.563. The zero-order chi connectivity index (χ0) is 8.81. The van der Waals surface area contributed by atoms with Crippen molar-refractivity contribution in [3.8, 4) is 5.75 Å². The van der Waals surface area contributed by atoms with Gasteiger partial charge in [0.25, 0.3) is 0 Å². The molecule has 0 aliphatic carbocycles. The molecule has 0 aliphatic heterocycles. The first-order valence-electron chi connectivity index (χ1n) is 3.66. The average Bonchev–Trinajstić information content (AvgIpc) is 2.15. The van der Waals surface area contributed by atoms with Gasteiger partial charge in [0, 0.05) is 13.1 Å². The third kappa shape index (κ3) is 2.06. The van der Waals surface area contributed by atoms with E-state index in [1.54, 1.807) is 13.3 Å². The van der Waals surface area contributed by atoms with E-state index in [-0.39, 0.29) is 0 Å². The molecule has 0 fully saturated rings. The third-order valence-electron chi connectivity index (χ3n) is 1.34. The summed E-state index contributed by atoms with van der Waals surface area (Å²) in [5.74, 6) is 1.31. The van der Waals surface area contributed by atoms with Gasteiger partial charge in [0.1, 0.15) is 6.33 Å². The lowest BCUT2D eigenvalue weighted by atomic mass is 10.5. The quantitative estimate of drug-likeness (QED) is 0.654. The second-order valence-corrected chi connectivity index (χ2v) is 2.16. The second-order valence-electron chi connectivity index (χ2n) is 2.16. The molecule has 0 saturated heterocycles. The van der Waals surface area contributed by atoms with Gasteiger partial charge in [-0.1, -0.05) is 0 Å². The van der Waals surface area contributed by atoms with Crippen LogP contribution in [0.25, 0.3) is 0 Å². The van der Waals surface area contributed by atoms with Crippen molar-refractivity contribution in [3.63, 3.8) is 0 Å². The lowest BCUT2D eigenvalue weighted by molar-refractivity contribution is 0.412. The molecule has 0 bridgehead atoms. The maximum absolute atomic E-state index is 5.32. The molecule has 5 heteroatoms. The molecule has 12 heavy (non-hydrogen) atoms. The van der Waals surface area contributed by atoms with Crippen molar-refractivity contribution in [1.82, 2.24) is 9.97 Å². The van der Waals surface area contributed by atoms with E-state index in [0.29, 0.717) is 24.7 Å². The molecule has 66 valence electrons. The van der Waals surface area contributed by atoms with Gasteiger partial charge in [0.2, 0.25) is 0 Å². The minimum atomic E-state index is 0.563. The van der Waals surface area contributed by atoms with E-state index in [1.807, 2.05) is 0 Å². The van der Waals surface area contributed by atoms with Crippen LogP contribution in [0.2, 0.25) is 0 Å². The highest BCUT2D eigenvalue weighted by Gasteiger charge is 2.00. The Morgan fingerprint density at radius 2 is 2.50 bits per heavy atom. The topological polar surface area (TPSA) is 73.1 Å². The van der Waals surface area contributed by atoms with Crippen molar-refractivity contribution in [3.05, 3.63) is 12.5 Å². The molecular weight excluding hydrogens is 156 g/mol. The fraction of sp³-hybridized carbons (Fsp3) is 0.429. The molecule has 1 aromatic heterocycles. The maximum Gasteiger partial charge on any atom is 0.179 e. The van der Waals surface area contributed by atoms with Crippen LogP contribution >= 0.6 is 0 Å². The molecule has 1 rings (SSSR count). The summed E-state index contributed by atoms with van der Waals surface area (Å²) >= 11 is 0. The summed E-state index contributed by atoms with van der Waals surface area (Å²) in [7, 11) is 1.58. The highest BCUT2D eigenvalue weighted by atomic mass is 16.5. The Morgan fingerprint density at radius 3 is 3.17 bits per heavy atom. The van der Waals surface area contributed by atoms with Crippen LogP contribution in [-0.2, 0) is 0 Å². The van der Waals surface area contributed by atoms with Gasteiger partial charge in [-0.15, -0.1) is 0 Å². The van der Waals surface area contributed by atoms with E-state index in [4.69, 9.17) is 10.5 Å². The molecule has 5 nitrogen and oxygen atoms in total. The Kier molecular flexibility index (Phi) is 3.28. The van der Waals surface area contributed by atoms with Crippen molar-refractivity contribution >= 4 is 5.82 Å². The molecule has 0 aliphatic rings. The molecule has 0 spiro atoms. The molecular formula is C7H12N4O. The Morgan fingerprint density at radius 1 is 1.67 bits per heavy atom. The van der Waals surface area contributed by atoms with Crippen LogP contribution in [0.15, 0.2) is 12.5 Å². The van der Waals surface area contributed by atoms with Crippen molar-refractivity contribution in [2.45, 2.75) is 0 Å². The van der Waals surface area contributed by atoms with E-state index in [1.165, 1.54) is 6.33 Å². The fourth-order valence-electron chi connectivity index (χ4n) is 0.790. The summed E-state index contributed by atoms with van der Waals surface area (Å²) in [5, 5.41) is 3.01. The van der Waals surface area contributed by atoms with Gasteiger partial charge in [-0.2, -0.15) is 0 Å². The van der Waals surface area contributed by atoms with Crippen LogP contribution in [0.3, 0.4) is 0 Å². The number of nitrogens with one attached hydrogen (secondary N) is 1. The number of hydrogen-bond donors (Lipinski definition) is 2. The lowest BCUT2D eigenvalue weighted by Gasteiger charge is -2.06. The number of rotatable bonds is 4. The molecule has 0 atom stereocenters. The van der Waals surface area contributed by atoms with Crippen molar-refractivity contribution in [2.24, 2.45) is 5.73 Å². The molecule has 0 unspecified atom stereocenters. The number of anilines is 1. The van der Waals surface area contributed by atoms with Gasteiger partial charge in [-0.05, 0) is 0 Å². The number of nitrogens with zero attached hydrogens (tertiary/aromatic N) is 2. The monoisotopic (exact) mass is 168 g/mol. The van der Waals surface area contributed by atoms with Gasteiger partial charge in [-0.25, -0.2) is 9.97 Å². The Balaban J connectivity index is 2.68. The first-order chi connectivity index (χ1) is 5.88. The first kappa shape index (κ1) is 8.73. The SMILES string of the molecule is COc1cncnc1NCCN. The third-order valence-corrected chi connectivity index (χ3v) is 1.34. The molecule has 0 aromatic carbocycles. The number of ether oxygens (including phenoxy) is 1. The molecule has 1 heterocycles. The summed E-state index contributed by atoms with van der Waals surface area (Å²) < 4.78 is 5.01. The van der Waals surface area contributed by atoms with Gasteiger partial charge in [-0.3, -0.25) is 0 Å². The Labute approximate surface area is 71.0 Å². The molecule has 0 amide bonds. The summed E-state index contributed by atoms with van der Waals surface area (Å²) in [6.45, 7) is 1.24. The van der Waals surface area contributed by atoms with Crippen molar-refractivity contribution in [2.75, 3.05) is 25.5 Å². The summed E-state index contributed by atoms with van der Waals surface area (Å²) in [4.78, 5) is 7.80.